The summed E-state index contributed by atoms with van der Waals surface area (Å²) in [5.74, 6) is 0. The van der Waals surface area contributed by atoms with E-state index < -0.39 is 41.6 Å². The number of rotatable bonds is 4. The van der Waals surface area contributed by atoms with E-state index in [-0.39, 0.29) is 71.5 Å². The van der Waals surface area contributed by atoms with Crippen LogP contribution in [0.2, 0.25) is 0 Å². The first-order chi connectivity index (χ1) is 7.41. The van der Waals surface area contributed by atoms with Crippen molar-refractivity contribution in [3.8, 4) is 0 Å². The van der Waals surface area contributed by atoms with Crippen molar-refractivity contribution in [2.24, 2.45) is 0 Å². The van der Waals surface area contributed by atoms with Crippen molar-refractivity contribution < 1.29 is 131 Å². The summed E-state index contributed by atoms with van der Waals surface area (Å²) in [6.07, 6.45) is 0. The van der Waals surface area contributed by atoms with Crippen LogP contribution < -0.4 is 51.4 Å². The van der Waals surface area contributed by atoms with Crippen molar-refractivity contribution in [1.29, 1.82) is 0 Å². The van der Waals surface area contributed by atoms with Crippen molar-refractivity contribution in [3.63, 3.8) is 0 Å². The van der Waals surface area contributed by atoms with Crippen LogP contribution >= 0.6 is 0 Å². The molecule has 0 aliphatic heterocycles. The van der Waals surface area contributed by atoms with Crippen molar-refractivity contribution in [2.75, 3.05) is 0 Å². The maximum absolute atomic E-state index is 9.29. The van der Waals surface area contributed by atoms with Gasteiger partial charge in [-0.25, -0.2) is 33.7 Å². The quantitative estimate of drug-likeness (QED) is 0.169. The fourth-order valence-corrected chi connectivity index (χ4v) is 1.84. The fourth-order valence-electron chi connectivity index (χ4n) is 0.204. The third kappa shape index (κ3) is 36.8. The summed E-state index contributed by atoms with van der Waals surface area (Å²) in [6.45, 7) is 0. The van der Waals surface area contributed by atoms with Crippen LogP contribution in [0.5, 0.6) is 0 Å². The first-order valence-electron chi connectivity index (χ1n) is 2.67. The number of hydrogen-bond acceptors (Lipinski definition) is 14. The Morgan fingerprint density at radius 1 is 0.500 bits per heavy atom. The summed E-state index contributed by atoms with van der Waals surface area (Å²) >= 11 is 0. The van der Waals surface area contributed by atoms with E-state index in [1.54, 1.807) is 0 Å². The standard InChI is InChI=1S/Ir.K.2H2O7S2/c;;2*1-8(2,3)7-9(4,5)6/h;;2*(H,1,2,3)(H,4,5,6)/q+3;+1;;/p-4. The van der Waals surface area contributed by atoms with Crippen LogP contribution in [0.25, 0.3) is 0 Å². The molecule has 20 heteroatoms. The summed E-state index contributed by atoms with van der Waals surface area (Å²) < 4.78 is 116. The zero-order valence-electron chi connectivity index (χ0n) is 8.68. The first-order valence-corrected chi connectivity index (χ1v) is 8.00. The summed E-state index contributed by atoms with van der Waals surface area (Å²) in [4.78, 5) is 0. The van der Waals surface area contributed by atoms with Gasteiger partial charge in [-0.3, -0.25) is 0 Å². The molecule has 0 heterocycles. The average Bonchev–Trinajstić information content (AvgIpc) is 1.64. The van der Waals surface area contributed by atoms with E-state index in [1.807, 2.05) is 0 Å². The Bertz CT molecular complexity index is 537. The second-order valence-corrected chi connectivity index (χ2v) is 6.12. The molecule has 118 valence electrons. The van der Waals surface area contributed by atoms with Crippen molar-refractivity contribution in [3.05, 3.63) is 0 Å². The molecule has 0 unspecified atom stereocenters. The second kappa shape index (κ2) is 10.6. The summed E-state index contributed by atoms with van der Waals surface area (Å²) in [5.41, 5.74) is 0. The molecular weight excluding hydrogens is 584 g/mol. The molecule has 0 aromatic carbocycles. The molecule has 0 radical (unpaired) electrons. The normalized spacial score (nSPS) is 12.2. The minimum Gasteiger partial charge on any atom is -0.725 e. The topological polar surface area (TPSA) is 247 Å². The van der Waals surface area contributed by atoms with E-state index in [4.69, 9.17) is 0 Å². The smallest absolute Gasteiger partial charge is 0.725 e. The Morgan fingerprint density at radius 2 is 0.600 bits per heavy atom. The van der Waals surface area contributed by atoms with E-state index in [1.165, 1.54) is 0 Å². The predicted molar refractivity (Wildman–Crippen MR) is 41.0 cm³/mol. The fraction of sp³-hybridized carbons (Fsp3) is 0. The monoisotopic (exact) mass is 584 g/mol. The maximum atomic E-state index is 9.29. The summed E-state index contributed by atoms with van der Waals surface area (Å²) in [7, 11) is -21.7. The summed E-state index contributed by atoms with van der Waals surface area (Å²) in [5, 5.41) is 0. The minimum absolute atomic E-state index is 0. The van der Waals surface area contributed by atoms with Gasteiger partial charge in [0.2, 0.25) is 41.6 Å². The van der Waals surface area contributed by atoms with Crippen LogP contribution in [-0.4, -0.2) is 51.9 Å². The SMILES string of the molecule is O=S(=O)([O-])OS(=O)(=O)[O-].O=S(=O)([O-])OS(=O)(=O)[O-].[Ir+3].[K+]. The zero-order chi connectivity index (χ0) is 15.4. The van der Waals surface area contributed by atoms with Gasteiger partial charge >= 0.3 is 71.5 Å². The predicted octanol–water partition coefficient (Wildman–Crippen LogP) is -7.15. The van der Waals surface area contributed by atoms with Crippen molar-refractivity contribution in [1.82, 2.24) is 0 Å². The molecule has 0 spiro atoms. The van der Waals surface area contributed by atoms with E-state index in [2.05, 4.69) is 7.26 Å². The van der Waals surface area contributed by atoms with Gasteiger partial charge in [0.15, 0.2) is 0 Å². The Hall–Kier alpha value is 1.85. The van der Waals surface area contributed by atoms with Gasteiger partial charge < -0.3 is 18.2 Å². The van der Waals surface area contributed by atoms with E-state index in [0.717, 1.165) is 0 Å². The van der Waals surface area contributed by atoms with Gasteiger partial charge in [0.05, 0.1) is 0 Å². The molecule has 0 aromatic heterocycles. The van der Waals surface area contributed by atoms with Crippen LogP contribution in [0.3, 0.4) is 0 Å². The van der Waals surface area contributed by atoms with Gasteiger partial charge in [-0.05, 0) is 0 Å². The zero-order valence-corrected chi connectivity index (χ0v) is 17.5. The van der Waals surface area contributed by atoms with E-state index in [9.17, 15) is 51.9 Å². The molecular formula is IrKO14S4. The molecule has 14 nitrogen and oxygen atoms in total. The molecule has 0 rings (SSSR count). The third-order valence-electron chi connectivity index (χ3n) is 0.333. The van der Waals surface area contributed by atoms with Gasteiger partial charge in [0, 0.05) is 0 Å². The molecule has 0 aliphatic rings. The second-order valence-electron chi connectivity index (χ2n) is 1.77. The van der Waals surface area contributed by atoms with Gasteiger partial charge in [0.25, 0.3) is 0 Å². The third-order valence-corrected chi connectivity index (χ3v) is 3.00. The Labute approximate surface area is 169 Å². The Morgan fingerprint density at radius 3 is 0.600 bits per heavy atom. The molecule has 0 fully saturated rings. The molecule has 0 aromatic rings. The van der Waals surface area contributed by atoms with E-state index in [0.29, 0.717) is 0 Å². The first kappa shape index (κ1) is 29.8. The average molecular weight is 584 g/mol. The molecule has 0 aliphatic carbocycles. The summed E-state index contributed by atoms with van der Waals surface area (Å²) in [6, 6.07) is 0. The molecule has 0 N–H and O–H groups in total. The van der Waals surface area contributed by atoms with Crippen LogP contribution in [0.15, 0.2) is 0 Å². The minimum atomic E-state index is -5.43. The van der Waals surface area contributed by atoms with Gasteiger partial charge in [0.1, 0.15) is 0 Å². The van der Waals surface area contributed by atoms with Crippen LogP contribution in [0.4, 0.5) is 0 Å². The Kier molecular flexibility index (Phi) is 15.8. The Balaban J connectivity index is -0.000000116. The van der Waals surface area contributed by atoms with E-state index >= 15 is 0 Å². The molecule has 0 saturated carbocycles. The molecule has 0 saturated heterocycles. The molecule has 0 bridgehead atoms. The molecule has 0 amide bonds. The largest absolute Gasteiger partial charge is 3.00 e. The van der Waals surface area contributed by atoms with Crippen LogP contribution in [-0.2, 0) is 69.0 Å². The molecule has 20 heavy (non-hydrogen) atoms. The van der Waals surface area contributed by atoms with Crippen molar-refractivity contribution in [2.45, 2.75) is 0 Å². The molecule has 0 atom stereocenters. The van der Waals surface area contributed by atoms with Gasteiger partial charge in [-0.1, -0.05) is 0 Å². The van der Waals surface area contributed by atoms with Gasteiger partial charge in [-0.15, -0.1) is 0 Å². The van der Waals surface area contributed by atoms with Gasteiger partial charge in [-0.2, -0.15) is 7.26 Å². The van der Waals surface area contributed by atoms with Crippen LogP contribution in [0.1, 0.15) is 0 Å². The maximum Gasteiger partial charge on any atom is 3.00 e. The van der Waals surface area contributed by atoms with Crippen molar-refractivity contribution >= 4 is 41.6 Å². The number of hydrogen-bond donors (Lipinski definition) is 0. The van der Waals surface area contributed by atoms with Crippen LogP contribution in [0, 0.1) is 0 Å².